The highest BCUT2D eigenvalue weighted by Gasteiger charge is 2.11. The molecule has 0 aliphatic heterocycles. The van der Waals surface area contributed by atoms with Crippen LogP contribution in [0.3, 0.4) is 0 Å². The molecule has 2 N–H and O–H groups in total. The third-order valence-electron chi connectivity index (χ3n) is 4.67. The van der Waals surface area contributed by atoms with Gasteiger partial charge in [-0.15, -0.1) is 0 Å². The molecule has 2 aromatic carbocycles. The standard InChI is InChI=1S/C22H26N4O2/c1-15(21-14-26(3)25-16(21)2)23-13-17-6-5-7-19(12-17)24-22(27)18-8-10-20(28-4)11-9-18/h5-12,14-15,23H,13H2,1-4H3,(H,24,27). The number of aromatic nitrogens is 2. The van der Waals surface area contributed by atoms with Gasteiger partial charge in [-0.3, -0.25) is 9.48 Å². The second kappa shape index (κ2) is 8.71. The number of hydrogen-bond donors (Lipinski definition) is 2. The van der Waals surface area contributed by atoms with Crippen molar-refractivity contribution in [3.63, 3.8) is 0 Å². The van der Waals surface area contributed by atoms with Crippen LogP contribution >= 0.6 is 0 Å². The first-order chi connectivity index (χ1) is 13.5. The highest BCUT2D eigenvalue weighted by atomic mass is 16.5. The first-order valence-corrected chi connectivity index (χ1v) is 9.24. The van der Waals surface area contributed by atoms with E-state index in [1.807, 2.05) is 49.1 Å². The molecule has 1 atom stereocenters. The minimum absolute atomic E-state index is 0.146. The van der Waals surface area contributed by atoms with Gasteiger partial charge in [-0.05, 0) is 55.8 Å². The van der Waals surface area contributed by atoms with Crippen molar-refractivity contribution in [3.8, 4) is 5.75 Å². The highest BCUT2D eigenvalue weighted by Crippen LogP contribution is 2.18. The lowest BCUT2D eigenvalue weighted by molar-refractivity contribution is 0.102. The van der Waals surface area contributed by atoms with Crippen LogP contribution < -0.4 is 15.4 Å². The van der Waals surface area contributed by atoms with E-state index in [-0.39, 0.29) is 11.9 Å². The van der Waals surface area contributed by atoms with Gasteiger partial charge in [0.1, 0.15) is 5.75 Å². The van der Waals surface area contributed by atoms with Crippen molar-refractivity contribution in [1.29, 1.82) is 0 Å². The van der Waals surface area contributed by atoms with Crippen molar-refractivity contribution < 1.29 is 9.53 Å². The molecule has 0 aliphatic rings. The van der Waals surface area contributed by atoms with Crippen LogP contribution in [0, 0.1) is 6.92 Å². The zero-order chi connectivity index (χ0) is 20.1. The summed E-state index contributed by atoms with van der Waals surface area (Å²) >= 11 is 0. The molecule has 0 saturated carbocycles. The fourth-order valence-corrected chi connectivity index (χ4v) is 3.13. The van der Waals surface area contributed by atoms with Gasteiger partial charge in [0.2, 0.25) is 0 Å². The minimum Gasteiger partial charge on any atom is -0.497 e. The summed E-state index contributed by atoms with van der Waals surface area (Å²) < 4.78 is 6.96. The van der Waals surface area contributed by atoms with Gasteiger partial charge in [0.15, 0.2) is 0 Å². The van der Waals surface area contributed by atoms with Crippen molar-refractivity contribution in [3.05, 3.63) is 77.1 Å². The van der Waals surface area contributed by atoms with Gasteiger partial charge in [0.05, 0.1) is 12.8 Å². The molecule has 3 rings (SSSR count). The maximum absolute atomic E-state index is 12.4. The maximum atomic E-state index is 12.4. The first kappa shape index (κ1) is 19.6. The van der Waals surface area contributed by atoms with E-state index in [9.17, 15) is 4.79 Å². The highest BCUT2D eigenvalue weighted by molar-refractivity contribution is 6.04. The zero-order valence-corrected chi connectivity index (χ0v) is 16.7. The lowest BCUT2D eigenvalue weighted by Crippen LogP contribution is -2.18. The lowest BCUT2D eigenvalue weighted by Gasteiger charge is -2.14. The summed E-state index contributed by atoms with van der Waals surface area (Å²) in [6.45, 7) is 4.84. The summed E-state index contributed by atoms with van der Waals surface area (Å²) in [5.74, 6) is 0.578. The Kier molecular flexibility index (Phi) is 6.11. The molecule has 146 valence electrons. The van der Waals surface area contributed by atoms with E-state index < -0.39 is 0 Å². The van der Waals surface area contributed by atoms with Crippen LogP contribution in [0.15, 0.2) is 54.7 Å². The quantitative estimate of drug-likeness (QED) is 0.655. The fourth-order valence-electron chi connectivity index (χ4n) is 3.13. The third kappa shape index (κ3) is 4.78. The van der Waals surface area contributed by atoms with Crippen LogP contribution in [-0.2, 0) is 13.6 Å². The Labute approximate surface area is 165 Å². The molecule has 1 heterocycles. The van der Waals surface area contributed by atoms with Crippen LogP contribution in [0.4, 0.5) is 5.69 Å². The van der Waals surface area contributed by atoms with E-state index in [0.717, 1.165) is 22.7 Å². The van der Waals surface area contributed by atoms with Crippen LogP contribution in [0.25, 0.3) is 0 Å². The maximum Gasteiger partial charge on any atom is 0.255 e. The van der Waals surface area contributed by atoms with E-state index in [0.29, 0.717) is 12.1 Å². The number of methoxy groups -OCH3 is 1. The third-order valence-corrected chi connectivity index (χ3v) is 4.67. The summed E-state index contributed by atoms with van der Waals surface area (Å²) in [7, 11) is 3.53. The molecule has 0 fully saturated rings. The molecule has 6 nitrogen and oxygen atoms in total. The molecule has 0 bridgehead atoms. The van der Waals surface area contributed by atoms with Crippen LogP contribution in [-0.4, -0.2) is 22.8 Å². The molecule has 1 unspecified atom stereocenters. The molecule has 0 radical (unpaired) electrons. The second-order valence-electron chi connectivity index (χ2n) is 6.83. The van der Waals surface area contributed by atoms with Crippen molar-refractivity contribution in [2.75, 3.05) is 12.4 Å². The molecular formula is C22H26N4O2. The van der Waals surface area contributed by atoms with Gasteiger partial charge in [0, 0.05) is 42.6 Å². The largest absolute Gasteiger partial charge is 0.497 e. The van der Waals surface area contributed by atoms with Crippen LogP contribution in [0.5, 0.6) is 5.75 Å². The smallest absolute Gasteiger partial charge is 0.255 e. The predicted molar refractivity (Wildman–Crippen MR) is 111 cm³/mol. The molecular weight excluding hydrogens is 352 g/mol. The molecule has 0 saturated heterocycles. The number of carbonyl (C=O) groups is 1. The number of anilines is 1. The number of amides is 1. The number of carbonyl (C=O) groups excluding carboxylic acids is 1. The van der Waals surface area contributed by atoms with Crippen molar-refractivity contribution >= 4 is 11.6 Å². The number of nitrogens with zero attached hydrogens (tertiary/aromatic N) is 2. The number of hydrogen-bond acceptors (Lipinski definition) is 4. The Morgan fingerprint density at radius 2 is 1.96 bits per heavy atom. The van der Waals surface area contributed by atoms with E-state index in [1.54, 1.807) is 31.4 Å². The van der Waals surface area contributed by atoms with E-state index in [1.165, 1.54) is 5.56 Å². The summed E-state index contributed by atoms with van der Waals surface area (Å²) in [5.41, 5.74) is 4.67. The SMILES string of the molecule is COc1ccc(C(=O)Nc2cccc(CNC(C)c3cn(C)nc3C)c2)cc1. The summed E-state index contributed by atoms with van der Waals surface area (Å²) in [6.07, 6.45) is 2.04. The number of ether oxygens (including phenoxy) is 1. The van der Waals surface area contributed by atoms with Crippen LogP contribution in [0.2, 0.25) is 0 Å². The number of benzene rings is 2. The van der Waals surface area contributed by atoms with E-state index in [4.69, 9.17) is 4.74 Å². The number of aryl methyl sites for hydroxylation is 2. The van der Waals surface area contributed by atoms with Gasteiger partial charge in [-0.1, -0.05) is 12.1 Å². The number of nitrogens with one attached hydrogen (secondary N) is 2. The zero-order valence-electron chi connectivity index (χ0n) is 16.7. The van der Waals surface area contributed by atoms with Gasteiger partial charge >= 0.3 is 0 Å². The Bertz CT molecular complexity index is 947. The van der Waals surface area contributed by atoms with Gasteiger partial charge < -0.3 is 15.4 Å². The molecule has 6 heteroatoms. The monoisotopic (exact) mass is 378 g/mol. The number of rotatable bonds is 7. The van der Waals surface area contributed by atoms with Gasteiger partial charge in [0.25, 0.3) is 5.91 Å². The summed E-state index contributed by atoms with van der Waals surface area (Å²) in [4.78, 5) is 12.4. The molecule has 0 spiro atoms. The topological polar surface area (TPSA) is 68.2 Å². The van der Waals surface area contributed by atoms with Crippen molar-refractivity contribution in [2.45, 2.75) is 26.4 Å². The van der Waals surface area contributed by atoms with Gasteiger partial charge in [-0.25, -0.2) is 0 Å². The van der Waals surface area contributed by atoms with Crippen molar-refractivity contribution in [2.24, 2.45) is 7.05 Å². The lowest BCUT2D eigenvalue weighted by atomic mass is 10.1. The Morgan fingerprint density at radius 3 is 2.61 bits per heavy atom. The summed E-state index contributed by atoms with van der Waals surface area (Å²) in [5, 5.41) is 10.9. The molecule has 1 aromatic heterocycles. The van der Waals surface area contributed by atoms with E-state index >= 15 is 0 Å². The predicted octanol–water partition coefficient (Wildman–Crippen LogP) is 3.84. The molecule has 1 amide bonds. The van der Waals surface area contributed by atoms with Crippen molar-refractivity contribution in [1.82, 2.24) is 15.1 Å². The first-order valence-electron chi connectivity index (χ1n) is 9.24. The normalized spacial score (nSPS) is 11.9. The average molecular weight is 378 g/mol. The Balaban J connectivity index is 1.61. The molecule has 3 aromatic rings. The minimum atomic E-state index is -0.146. The van der Waals surface area contributed by atoms with E-state index in [2.05, 4.69) is 22.7 Å². The Hall–Kier alpha value is -3.12. The molecule has 0 aliphatic carbocycles. The summed E-state index contributed by atoms with van der Waals surface area (Å²) in [6, 6.07) is 15.1. The van der Waals surface area contributed by atoms with Gasteiger partial charge in [-0.2, -0.15) is 5.10 Å². The fraction of sp³-hybridized carbons (Fsp3) is 0.273. The Morgan fingerprint density at radius 1 is 1.21 bits per heavy atom. The molecule has 28 heavy (non-hydrogen) atoms. The van der Waals surface area contributed by atoms with Crippen LogP contribution in [0.1, 0.15) is 40.1 Å². The second-order valence-corrected chi connectivity index (χ2v) is 6.83. The average Bonchev–Trinajstić information content (AvgIpc) is 3.04.